The molecular weight excluding hydrogens is 369 g/mol. The van der Waals surface area contributed by atoms with Crippen molar-refractivity contribution in [1.82, 2.24) is 5.32 Å². The van der Waals surface area contributed by atoms with Gasteiger partial charge in [0.25, 0.3) is 5.91 Å². The summed E-state index contributed by atoms with van der Waals surface area (Å²) in [6.07, 6.45) is 6.72. The fourth-order valence-corrected chi connectivity index (χ4v) is 3.32. The fourth-order valence-electron chi connectivity index (χ4n) is 2.91. The summed E-state index contributed by atoms with van der Waals surface area (Å²) < 4.78 is 15.1. The minimum atomic E-state index is -0.689. The van der Waals surface area contributed by atoms with Crippen LogP contribution in [0.3, 0.4) is 0 Å². The number of carbonyl (C=O) groups is 1. The van der Waals surface area contributed by atoms with Crippen LogP contribution in [0.15, 0.2) is 46.2 Å². The number of benzene rings is 1. The van der Waals surface area contributed by atoms with Gasteiger partial charge in [-0.3, -0.25) is 4.79 Å². The van der Waals surface area contributed by atoms with Crippen molar-refractivity contribution in [3.63, 3.8) is 0 Å². The van der Waals surface area contributed by atoms with Crippen LogP contribution < -0.4 is 5.32 Å². The molecule has 0 spiro atoms. The van der Waals surface area contributed by atoms with Gasteiger partial charge in [-0.1, -0.05) is 48.0 Å². The molecule has 0 saturated carbocycles. The van der Waals surface area contributed by atoms with Crippen LogP contribution in [-0.2, 0) is 17.6 Å². The van der Waals surface area contributed by atoms with E-state index in [2.05, 4.69) is 39.4 Å². The Kier molecular flexibility index (Phi) is 6.79. The van der Waals surface area contributed by atoms with Crippen molar-refractivity contribution < 1.29 is 9.18 Å². The Hall–Kier alpha value is -1.42. The van der Waals surface area contributed by atoms with Crippen LogP contribution in [0.5, 0.6) is 0 Å². The number of fused-ring (bicyclic) bond motifs is 1. The van der Waals surface area contributed by atoms with Crippen LogP contribution in [0.2, 0.25) is 0 Å². The maximum absolute atomic E-state index is 14.0. The summed E-state index contributed by atoms with van der Waals surface area (Å²) in [5, 5.41) is 2.60. The summed E-state index contributed by atoms with van der Waals surface area (Å²) >= 11 is 3.51. The molecule has 1 unspecified atom stereocenters. The zero-order valence-corrected chi connectivity index (χ0v) is 16.1. The van der Waals surface area contributed by atoms with E-state index in [0.717, 1.165) is 23.7 Å². The van der Waals surface area contributed by atoms with Gasteiger partial charge in [-0.25, -0.2) is 4.39 Å². The Labute approximate surface area is 152 Å². The Morgan fingerprint density at radius 3 is 2.79 bits per heavy atom. The van der Waals surface area contributed by atoms with Crippen molar-refractivity contribution >= 4 is 21.8 Å². The highest BCUT2D eigenvalue weighted by molar-refractivity contribution is 9.10. The maximum atomic E-state index is 14.0. The van der Waals surface area contributed by atoms with Gasteiger partial charge in [-0.05, 0) is 66.9 Å². The van der Waals surface area contributed by atoms with E-state index in [-0.39, 0.29) is 0 Å². The maximum Gasteiger partial charge on any atom is 0.280 e. The molecule has 2 rings (SSSR count). The molecule has 0 bridgehead atoms. The van der Waals surface area contributed by atoms with Gasteiger partial charge in [0.05, 0.1) is 0 Å². The van der Waals surface area contributed by atoms with E-state index < -0.39 is 11.7 Å². The molecule has 1 aliphatic rings. The predicted molar refractivity (Wildman–Crippen MR) is 100 cm³/mol. The first kappa shape index (κ1) is 18.9. The molecule has 1 amide bonds. The number of carbonyl (C=O) groups excluding carboxylic acids is 1. The molecule has 1 aliphatic carbocycles. The summed E-state index contributed by atoms with van der Waals surface area (Å²) in [7, 11) is 0. The molecule has 0 fully saturated rings. The van der Waals surface area contributed by atoms with E-state index in [9.17, 15) is 9.18 Å². The van der Waals surface area contributed by atoms with Crippen molar-refractivity contribution in [2.75, 3.05) is 6.54 Å². The molecule has 2 nitrogen and oxygen atoms in total. The lowest BCUT2D eigenvalue weighted by atomic mass is 10.0. The van der Waals surface area contributed by atoms with Crippen molar-refractivity contribution in [3.05, 3.63) is 57.4 Å². The van der Waals surface area contributed by atoms with E-state index >= 15 is 0 Å². The van der Waals surface area contributed by atoms with Crippen molar-refractivity contribution in [3.8, 4) is 0 Å². The first-order valence-electron chi connectivity index (χ1n) is 8.45. The Morgan fingerprint density at radius 2 is 2.08 bits per heavy atom. The lowest BCUT2D eigenvalue weighted by Gasteiger charge is -2.07. The summed E-state index contributed by atoms with van der Waals surface area (Å²) in [6, 6.07) is 6.44. The first-order valence-corrected chi connectivity index (χ1v) is 9.24. The number of hydrogen-bond donors (Lipinski definition) is 1. The van der Waals surface area contributed by atoms with E-state index in [1.54, 1.807) is 13.0 Å². The number of hydrogen-bond acceptors (Lipinski definition) is 1. The smallest absolute Gasteiger partial charge is 0.280 e. The first-order chi connectivity index (χ1) is 11.4. The van der Waals surface area contributed by atoms with Gasteiger partial charge >= 0.3 is 0 Å². The quantitative estimate of drug-likeness (QED) is 0.526. The second kappa shape index (κ2) is 8.61. The van der Waals surface area contributed by atoms with E-state index in [1.165, 1.54) is 11.1 Å². The molecule has 0 aromatic heterocycles. The average Bonchev–Trinajstić information content (AvgIpc) is 2.93. The second-order valence-electron chi connectivity index (χ2n) is 6.93. The molecular formula is C20H25BrFNO. The van der Waals surface area contributed by atoms with Crippen molar-refractivity contribution in [1.29, 1.82) is 0 Å². The van der Waals surface area contributed by atoms with Gasteiger partial charge in [-0.2, -0.15) is 0 Å². The lowest BCUT2D eigenvalue weighted by Crippen LogP contribution is -2.27. The van der Waals surface area contributed by atoms with Crippen LogP contribution in [0, 0.1) is 11.8 Å². The number of halogens is 2. The second-order valence-corrected chi connectivity index (χ2v) is 7.84. The molecule has 4 heteroatoms. The Morgan fingerprint density at radius 1 is 1.38 bits per heavy atom. The van der Waals surface area contributed by atoms with Gasteiger partial charge in [0.15, 0.2) is 5.83 Å². The average molecular weight is 394 g/mol. The van der Waals surface area contributed by atoms with Crippen LogP contribution in [0.1, 0.15) is 38.3 Å². The summed E-state index contributed by atoms with van der Waals surface area (Å²) in [5.41, 5.74) is 3.19. The van der Waals surface area contributed by atoms with Crippen molar-refractivity contribution in [2.45, 2.75) is 40.0 Å². The van der Waals surface area contributed by atoms with Crippen LogP contribution in [0.25, 0.3) is 0 Å². The third kappa shape index (κ3) is 5.30. The minimum Gasteiger partial charge on any atom is -0.350 e. The molecule has 0 aliphatic heterocycles. The molecule has 0 radical (unpaired) electrons. The minimum absolute atomic E-state index is 0.307. The Bertz CT molecular complexity index is 664. The normalized spacial score (nSPS) is 18.0. The van der Waals surface area contributed by atoms with Crippen LogP contribution in [0.4, 0.5) is 4.39 Å². The standard InChI is InChI=1S/C20H25BrFNO/c1-13(2)12-23-20(24)19(22)14(3)5-4-6-15-9-16-7-8-18(21)11-17(16)10-15/h4-5,7-8,11,13,15H,6,9-10,12H2,1-3H3,(H,23,24). The Balaban J connectivity index is 1.87. The highest BCUT2D eigenvalue weighted by atomic mass is 79.9. The number of nitrogens with one attached hydrogen (secondary N) is 1. The number of amides is 1. The number of rotatable bonds is 6. The predicted octanol–water partition coefficient (Wildman–Crippen LogP) is 5.13. The van der Waals surface area contributed by atoms with Gasteiger partial charge in [-0.15, -0.1) is 0 Å². The highest BCUT2D eigenvalue weighted by Gasteiger charge is 2.20. The molecule has 130 valence electrons. The van der Waals surface area contributed by atoms with Crippen LogP contribution >= 0.6 is 15.9 Å². The van der Waals surface area contributed by atoms with Crippen molar-refractivity contribution in [2.24, 2.45) is 11.8 Å². The highest BCUT2D eigenvalue weighted by Crippen LogP contribution is 2.31. The largest absolute Gasteiger partial charge is 0.350 e. The lowest BCUT2D eigenvalue weighted by molar-refractivity contribution is -0.119. The zero-order chi connectivity index (χ0) is 17.7. The van der Waals surface area contributed by atoms with Gasteiger partial charge in [0.1, 0.15) is 0 Å². The fraction of sp³-hybridized carbons (Fsp3) is 0.450. The third-order valence-corrected chi connectivity index (χ3v) is 4.73. The van der Waals surface area contributed by atoms with E-state index in [0.29, 0.717) is 24.0 Å². The molecule has 1 aromatic carbocycles. The molecule has 24 heavy (non-hydrogen) atoms. The molecule has 0 saturated heterocycles. The van der Waals surface area contributed by atoms with Crippen LogP contribution in [-0.4, -0.2) is 12.5 Å². The van der Waals surface area contributed by atoms with E-state index in [4.69, 9.17) is 0 Å². The molecule has 1 aromatic rings. The van der Waals surface area contributed by atoms with Gasteiger partial charge in [0.2, 0.25) is 0 Å². The molecule has 1 atom stereocenters. The van der Waals surface area contributed by atoms with Gasteiger partial charge < -0.3 is 5.32 Å². The molecule has 1 N–H and O–H groups in total. The summed E-state index contributed by atoms with van der Waals surface area (Å²) in [5.74, 6) is -0.452. The monoisotopic (exact) mass is 393 g/mol. The van der Waals surface area contributed by atoms with E-state index in [1.807, 2.05) is 19.9 Å². The third-order valence-electron chi connectivity index (χ3n) is 4.24. The summed E-state index contributed by atoms with van der Waals surface area (Å²) in [6.45, 7) is 6.08. The zero-order valence-electron chi connectivity index (χ0n) is 14.5. The summed E-state index contributed by atoms with van der Waals surface area (Å²) in [4.78, 5) is 11.7. The SMILES string of the molecule is CC(C=CCC1Cc2ccc(Br)cc2C1)=C(F)C(=O)NCC(C)C. The molecule has 0 heterocycles. The van der Waals surface area contributed by atoms with Gasteiger partial charge in [0, 0.05) is 11.0 Å². The number of allylic oxidation sites excluding steroid dienone is 3. The topological polar surface area (TPSA) is 29.1 Å².